The Labute approximate surface area is 133 Å². The van der Waals surface area contributed by atoms with Crippen LogP contribution in [0, 0.1) is 5.92 Å². The Morgan fingerprint density at radius 2 is 2.14 bits per heavy atom. The van der Waals surface area contributed by atoms with Crippen molar-refractivity contribution >= 4 is 11.8 Å². The van der Waals surface area contributed by atoms with Crippen LogP contribution in [0.1, 0.15) is 51.1 Å². The van der Waals surface area contributed by atoms with Crippen LogP contribution in [0.5, 0.6) is 5.75 Å². The Morgan fingerprint density at radius 3 is 2.86 bits per heavy atom. The van der Waals surface area contributed by atoms with Gasteiger partial charge in [-0.2, -0.15) is 11.8 Å². The molecule has 0 spiro atoms. The predicted molar refractivity (Wildman–Crippen MR) is 91.1 cm³/mol. The molecule has 1 aromatic rings. The fourth-order valence-electron chi connectivity index (χ4n) is 2.82. The van der Waals surface area contributed by atoms with Crippen LogP contribution in [-0.2, 0) is 0 Å². The van der Waals surface area contributed by atoms with E-state index >= 15 is 0 Å². The van der Waals surface area contributed by atoms with Gasteiger partial charge >= 0.3 is 0 Å². The van der Waals surface area contributed by atoms with E-state index in [1.165, 1.54) is 36.3 Å². The monoisotopic (exact) mass is 308 g/mol. The highest BCUT2D eigenvalue weighted by atomic mass is 32.2. The minimum Gasteiger partial charge on any atom is -0.492 e. The molecule has 2 heterocycles. The number of ether oxygens (including phenoxy) is 1. The quantitative estimate of drug-likeness (QED) is 0.785. The van der Waals surface area contributed by atoms with Crippen LogP contribution >= 0.6 is 11.8 Å². The van der Waals surface area contributed by atoms with Gasteiger partial charge in [0.1, 0.15) is 5.75 Å². The van der Waals surface area contributed by atoms with Crippen LogP contribution in [0.4, 0.5) is 0 Å². The molecule has 1 aromatic heterocycles. The van der Waals surface area contributed by atoms with Crippen molar-refractivity contribution in [2.45, 2.75) is 45.6 Å². The summed E-state index contributed by atoms with van der Waals surface area (Å²) in [5, 5.41) is 3.63. The van der Waals surface area contributed by atoms with E-state index in [-0.39, 0.29) is 0 Å². The highest BCUT2D eigenvalue weighted by molar-refractivity contribution is 7.99. The van der Waals surface area contributed by atoms with E-state index in [0.29, 0.717) is 6.04 Å². The van der Waals surface area contributed by atoms with Gasteiger partial charge in [-0.25, -0.2) is 0 Å². The smallest absolute Gasteiger partial charge is 0.137 e. The number of hydrogen-bond acceptors (Lipinski definition) is 4. The zero-order valence-corrected chi connectivity index (χ0v) is 14.1. The molecule has 0 aliphatic carbocycles. The van der Waals surface area contributed by atoms with Crippen molar-refractivity contribution < 1.29 is 4.74 Å². The maximum Gasteiger partial charge on any atom is 0.137 e. The lowest BCUT2D eigenvalue weighted by molar-refractivity contribution is 0.314. The maximum absolute atomic E-state index is 5.72. The minimum absolute atomic E-state index is 0.403. The Morgan fingerprint density at radius 1 is 1.33 bits per heavy atom. The zero-order chi connectivity index (χ0) is 14.9. The van der Waals surface area contributed by atoms with Gasteiger partial charge in [-0.3, -0.25) is 4.98 Å². The molecular weight excluding hydrogens is 280 g/mol. The van der Waals surface area contributed by atoms with E-state index < -0.39 is 0 Å². The standard InChI is InChI=1S/C17H28N2OS/c1-3-7-20-16-11-15(12-18-13-16)17(19-4-2)10-14-5-8-21-9-6-14/h11-14,17,19H,3-10H2,1-2H3. The van der Waals surface area contributed by atoms with E-state index in [1.807, 2.05) is 12.4 Å². The average Bonchev–Trinajstić information content (AvgIpc) is 2.54. The second kappa shape index (κ2) is 9.31. The number of aromatic nitrogens is 1. The maximum atomic E-state index is 5.72. The Bertz CT molecular complexity index is 408. The Hall–Kier alpha value is -0.740. The third-order valence-electron chi connectivity index (χ3n) is 3.97. The molecule has 0 aromatic carbocycles. The molecule has 4 heteroatoms. The van der Waals surface area contributed by atoms with E-state index in [4.69, 9.17) is 4.74 Å². The lowest BCUT2D eigenvalue weighted by Crippen LogP contribution is -2.25. The number of nitrogens with zero attached hydrogens (tertiary/aromatic N) is 1. The molecule has 1 unspecified atom stereocenters. The first kappa shape index (κ1) is 16.6. The van der Waals surface area contributed by atoms with E-state index in [0.717, 1.165) is 31.2 Å². The summed E-state index contributed by atoms with van der Waals surface area (Å²) in [4.78, 5) is 4.36. The van der Waals surface area contributed by atoms with E-state index in [2.05, 4.69) is 42.0 Å². The molecule has 1 saturated heterocycles. The van der Waals surface area contributed by atoms with Crippen molar-refractivity contribution in [1.29, 1.82) is 0 Å². The third-order valence-corrected chi connectivity index (χ3v) is 5.02. The lowest BCUT2D eigenvalue weighted by Gasteiger charge is -2.27. The lowest BCUT2D eigenvalue weighted by atomic mass is 9.91. The van der Waals surface area contributed by atoms with Crippen LogP contribution in [0.15, 0.2) is 18.5 Å². The van der Waals surface area contributed by atoms with Gasteiger partial charge in [0.05, 0.1) is 12.8 Å². The van der Waals surface area contributed by atoms with Crippen LogP contribution in [0.2, 0.25) is 0 Å². The molecular formula is C17H28N2OS. The SMILES string of the molecule is CCCOc1cncc(C(CC2CCSCC2)NCC)c1. The number of thioether (sulfide) groups is 1. The minimum atomic E-state index is 0.403. The normalized spacial score (nSPS) is 17.6. The summed E-state index contributed by atoms with van der Waals surface area (Å²) in [5.74, 6) is 4.38. The van der Waals surface area contributed by atoms with Gasteiger partial charge in [-0.05, 0) is 61.3 Å². The van der Waals surface area contributed by atoms with Crippen molar-refractivity contribution in [3.8, 4) is 5.75 Å². The van der Waals surface area contributed by atoms with Gasteiger partial charge in [-0.15, -0.1) is 0 Å². The van der Waals surface area contributed by atoms with Crippen LogP contribution in [-0.4, -0.2) is 29.6 Å². The highest BCUT2D eigenvalue weighted by Gasteiger charge is 2.20. The van der Waals surface area contributed by atoms with Gasteiger partial charge in [0, 0.05) is 12.2 Å². The molecule has 0 radical (unpaired) electrons. The summed E-state index contributed by atoms with van der Waals surface area (Å²) in [5.41, 5.74) is 1.27. The van der Waals surface area contributed by atoms with Crippen molar-refractivity contribution in [1.82, 2.24) is 10.3 Å². The molecule has 1 aliphatic heterocycles. The molecule has 21 heavy (non-hydrogen) atoms. The summed E-state index contributed by atoms with van der Waals surface area (Å²) in [6.45, 7) is 6.05. The molecule has 1 atom stereocenters. The van der Waals surface area contributed by atoms with E-state index in [1.54, 1.807) is 0 Å². The number of nitrogens with one attached hydrogen (secondary N) is 1. The molecule has 0 amide bonds. The molecule has 0 bridgehead atoms. The zero-order valence-electron chi connectivity index (χ0n) is 13.3. The third kappa shape index (κ3) is 5.51. The van der Waals surface area contributed by atoms with Gasteiger partial charge < -0.3 is 10.1 Å². The summed E-state index contributed by atoms with van der Waals surface area (Å²) >= 11 is 2.09. The number of rotatable bonds is 8. The average molecular weight is 308 g/mol. The Balaban J connectivity index is 2.01. The van der Waals surface area contributed by atoms with Crippen molar-refractivity contribution in [2.75, 3.05) is 24.7 Å². The molecule has 3 nitrogen and oxygen atoms in total. The first-order chi connectivity index (χ1) is 10.3. The molecule has 1 fully saturated rings. The second-order valence-electron chi connectivity index (χ2n) is 5.70. The molecule has 1 N–H and O–H groups in total. The van der Waals surface area contributed by atoms with Crippen molar-refractivity contribution in [3.63, 3.8) is 0 Å². The Kier molecular flexibility index (Phi) is 7.37. The number of pyridine rings is 1. The van der Waals surface area contributed by atoms with Gasteiger partial charge in [-0.1, -0.05) is 13.8 Å². The molecule has 0 saturated carbocycles. The van der Waals surface area contributed by atoms with Gasteiger partial charge in [0.15, 0.2) is 0 Å². The first-order valence-corrected chi connectivity index (χ1v) is 9.37. The van der Waals surface area contributed by atoms with Gasteiger partial charge in [0.2, 0.25) is 0 Å². The van der Waals surface area contributed by atoms with Gasteiger partial charge in [0.25, 0.3) is 0 Å². The van der Waals surface area contributed by atoms with Crippen LogP contribution < -0.4 is 10.1 Å². The molecule has 2 rings (SSSR count). The number of hydrogen-bond donors (Lipinski definition) is 1. The summed E-state index contributed by atoms with van der Waals surface area (Å²) in [6.07, 6.45) is 8.76. The topological polar surface area (TPSA) is 34.1 Å². The summed E-state index contributed by atoms with van der Waals surface area (Å²) in [6, 6.07) is 2.56. The first-order valence-electron chi connectivity index (χ1n) is 8.22. The van der Waals surface area contributed by atoms with Crippen LogP contribution in [0.25, 0.3) is 0 Å². The largest absolute Gasteiger partial charge is 0.492 e. The highest BCUT2D eigenvalue weighted by Crippen LogP contribution is 2.31. The van der Waals surface area contributed by atoms with Crippen molar-refractivity contribution in [2.24, 2.45) is 5.92 Å². The summed E-state index contributed by atoms with van der Waals surface area (Å²) in [7, 11) is 0. The predicted octanol–water partition coefficient (Wildman–Crippen LogP) is 4.05. The molecule has 1 aliphatic rings. The van der Waals surface area contributed by atoms with Crippen molar-refractivity contribution in [3.05, 3.63) is 24.0 Å². The molecule has 118 valence electrons. The van der Waals surface area contributed by atoms with Crippen LogP contribution in [0.3, 0.4) is 0 Å². The van der Waals surface area contributed by atoms with E-state index in [9.17, 15) is 0 Å². The second-order valence-corrected chi connectivity index (χ2v) is 6.93. The summed E-state index contributed by atoms with van der Waals surface area (Å²) < 4.78 is 5.72. The fourth-order valence-corrected chi connectivity index (χ4v) is 4.03. The fraction of sp³-hybridized carbons (Fsp3) is 0.706.